The topological polar surface area (TPSA) is 82.9 Å². The summed E-state index contributed by atoms with van der Waals surface area (Å²) in [5.74, 6) is -0.971. The van der Waals surface area contributed by atoms with Crippen molar-refractivity contribution >= 4 is 72.2 Å². The molecule has 0 N–H and O–H groups in total. The number of hydrazone groups is 1. The van der Waals surface area contributed by atoms with E-state index < -0.39 is 5.91 Å². The van der Waals surface area contributed by atoms with E-state index in [0.717, 1.165) is 25.2 Å². The lowest BCUT2D eigenvalue weighted by molar-refractivity contribution is -0.121. The van der Waals surface area contributed by atoms with E-state index in [4.69, 9.17) is 0 Å². The Morgan fingerprint density at radius 1 is 1.00 bits per heavy atom. The number of rotatable bonds is 5. The normalized spacial score (nSPS) is 13.9. The van der Waals surface area contributed by atoms with Crippen LogP contribution in [0.2, 0.25) is 0 Å². The molecule has 2 heterocycles. The molecule has 0 bridgehead atoms. The fourth-order valence-electron chi connectivity index (χ4n) is 3.59. The first-order chi connectivity index (χ1) is 16.5. The molecule has 34 heavy (non-hydrogen) atoms. The van der Waals surface area contributed by atoms with Crippen molar-refractivity contribution in [1.29, 1.82) is 0 Å². The number of imide groups is 1. The van der Waals surface area contributed by atoms with E-state index in [-0.39, 0.29) is 30.2 Å². The highest BCUT2D eigenvalue weighted by atomic mass is 79.9. The molecular formula is C25H17BrN4O3S. The molecule has 1 aromatic heterocycles. The number of hydrogen-bond acceptors (Lipinski definition) is 6. The van der Waals surface area contributed by atoms with Crippen LogP contribution in [0, 0.1) is 0 Å². The largest absolute Gasteiger partial charge is 0.280 e. The first-order valence-electron chi connectivity index (χ1n) is 10.4. The lowest BCUT2D eigenvalue weighted by Crippen LogP contribution is -2.29. The Balaban J connectivity index is 1.55. The lowest BCUT2D eigenvalue weighted by atomic mass is 10.1. The van der Waals surface area contributed by atoms with Gasteiger partial charge in [0.2, 0.25) is 16.9 Å². The van der Waals surface area contributed by atoms with Crippen LogP contribution in [0.1, 0.15) is 28.8 Å². The quantitative estimate of drug-likeness (QED) is 0.196. The van der Waals surface area contributed by atoms with Crippen LogP contribution < -0.4 is 9.91 Å². The molecule has 0 atom stereocenters. The number of fused-ring (bicyclic) bond motifs is 1. The monoisotopic (exact) mass is 532 g/mol. The molecule has 0 spiro atoms. The number of benzene rings is 3. The molecule has 0 radical (unpaired) electrons. The molecule has 3 aromatic carbocycles. The molecule has 1 aliphatic heterocycles. The zero-order chi connectivity index (χ0) is 23.7. The van der Waals surface area contributed by atoms with Gasteiger partial charge in [-0.3, -0.25) is 19.3 Å². The van der Waals surface area contributed by atoms with Crippen LogP contribution in [0.15, 0.2) is 82.4 Å². The number of carbonyl (C=O) groups is 3. The second-order valence-electron chi connectivity index (χ2n) is 7.55. The van der Waals surface area contributed by atoms with Crippen molar-refractivity contribution in [1.82, 2.24) is 4.98 Å². The van der Waals surface area contributed by atoms with Gasteiger partial charge >= 0.3 is 0 Å². The van der Waals surface area contributed by atoms with Gasteiger partial charge in [0.1, 0.15) is 0 Å². The van der Waals surface area contributed by atoms with Gasteiger partial charge in [-0.25, -0.2) is 4.98 Å². The Labute approximate surface area is 207 Å². The number of aromatic nitrogens is 1. The Morgan fingerprint density at radius 3 is 2.53 bits per heavy atom. The summed E-state index contributed by atoms with van der Waals surface area (Å²) in [6.45, 7) is 0. The van der Waals surface area contributed by atoms with E-state index in [1.807, 2.05) is 48.5 Å². The van der Waals surface area contributed by atoms with E-state index in [2.05, 4.69) is 26.0 Å². The van der Waals surface area contributed by atoms with Gasteiger partial charge in [-0.05, 0) is 42.0 Å². The maximum Gasteiger partial charge on any atom is 0.280 e. The van der Waals surface area contributed by atoms with Crippen LogP contribution in [0.3, 0.4) is 0 Å². The molecule has 7 nitrogen and oxygen atoms in total. The molecule has 1 saturated heterocycles. The summed E-state index contributed by atoms with van der Waals surface area (Å²) in [6, 6.07) is 21.6. The van der Waals surface area contributed by atoms with Gasteiger partial charge in [-0.1, -0.05) is 63.7 Å². The van der Waals surface area contributed by atoms with Crippen LogP contribution in [-0.2, 0) is 9.59 Å². The highest BCUT2D eigenvalue weighted by Gasteiger charge is 2.31. The third-order valence-electron chi connectivity index (χ3n) is 5.24. The van der Waals surface area contributed by atoms with Crippen molar-refractivity contribution in [2.24, 2.45) is 5.10 Å². The first-order valence-corrected chi connectivity index (χ1v) is 12.1. The minimum absolute atomic E-state index is 0.172. The summed E-state index contributed by atoms with van der Waals surface area (Å²) < 4.78 is 1.81. The van der Waals surface area contributed by atoms with E-state index in [1.165, 1.54) is 16.3 Å². The SMILES string of the molecule is O=C(c1cccc(N2C(=O)CCC2=O)c1)N(/N=C/c1ccccc1)c1nc2ccc(Br)cc2s1. The summed E-state index contributed by atoms with van der Waals surface area (Å²) in [5.41, 5.74) is 2.23. The number of hydrogen-bond donors (Lipinski definition) is 0. The maximum atomic E-state index is 13.6. The van der Waals surface area contributed by atoms with Gasteiger partial charge in [0.15, 0.2) is 0 Å². The number of halogens is 1. The van der Waals surface area contributed by atoms with Crippen molar-refractivity contribution in [3.63, 3.8) is 0 Å². The van der Waals surface area contributed by atoms with Crippen LogP contribution in [-0.4, -0.2) is 28.9 Å². The predicted octanol–water partition coefficient (Wildman–Crippen LogP) is 5.39. The fraction of sp³-hybridized carbons (Fsp3) is 0.0800. The van der Waals surface area contributed by atoms with Gasteiger partial charge in [-0.2, -0.15) is 10.1 Å². The average Bonchev–Trinajstić information content (AvgIpc) is 3.41. The molecule has 1 aliphatic rings. The van der Waals surface area contributed by atoms with Crippen molar-refractivity contribution < 1.29 is 14.4 Å². The van der Waals surface area contributed by atoms with Crippen LogP contribution in [0.25, 0.3) is 10.2 Å². The number of thiazole rings is 1. The third kappa shape index (κ3) is 4.40. The number of anilines is 2. The smallest absolute Gasteiger partial charge is 0.274 e. The molecule has 1 fully saturated rings. The van der Waals surface area contributed by atoms with Crippen LogP contribution in [0.5, 0.6) is 0 Å². The predicted molar refractivity (Wildman–Crippen MR) is 136 cm³/mol. The van der Waals surface area contributed by atoms with Crippen molar-refractivity contribution in [2.75, 3.05) is 9.91 Å². The van der Waals surface area contributed by atoms with Crippen LogP contribution in [0.4, 0.5) is 10.8 Å². The van der Waals surface area contributed by atoms with Gasteiger partial charge in [0.25, 0.3) is 5.91 Å². The van der Waals surface area contributed by atoms with E-state index in [1.54, 1.807) is 30.5 Å². The molecule has 0 aliphatic carbocycles. The molecule has 4 aromatic rings. The summed E-state index contributed by atoms with van der Waals surface area (Å²) >= 11 is 4.80. The first kappa shape index (κ1) is 22.1. The average molecular weight is 533 g/mol. The Morgan fingerprint density at radius 2 is 1.76 bits per heavy atom. The molecule has 0 saturated carbocycles. The van der Waals surface area contributed by atoms with Gasteiger partial charge in [0.05, 0.1) is 22.1 Å². The molecule has 168 valence electrons. The van der Waals surface area contributed by atoms with Crippen molar-refractivity contribution in [3.05, 3.63) is 88.4 Å². The third-order valence-corrected chi connectivity index (χ3v) is 6.72. The fourth-order valence-corrected chi connectivity index (χ4v) is 5.07. The minimum Gasteiger partial charge on any atom is -0.274 e. The zero-order valence-corrected chi connectivity index (χ0v) is 20.1. The van der Waals surface area contributed by atoms with Gasteiger partial charge < -0.3 is 0 Å². The Hall–Kier alpha value is -3.69. The number of nitrogens with zero attached hydrogens (tertiary/aromatic N) is 4. The van der Waals surface area contributed by atoms with E-state index >= 15 is 0 Å². The Bertz CT molecular complexity index is 1440. The van der Waals surface area contributed by atoms with E-state index in [9.17, 15) is 14.4 Å². The maximum absolute atomic E-state index is 13.6. The zero-order valence-electron chi connectivity index (χ0n) is 17.7. The van der Waals surface area contributed by atoms with Crippen molar-refractivity contribution in [3.8, 4) is 0 Å². The highest BCUT2D eigenvalue weighted by molar-refractivity contribution is 9.10. The number of carbonyl (C=O) groups excluding carboxylic acids is 3. The molecule has 5 rings (SSSR count). The van der Waals surface area contributed by atoms with Gasteiger partial charge in [0, 0.05) is 22.9 Å². The second kappa shape index (κ2) is 9.28. The molecule has 9 heteroatoms. The van der Waals surface area contributed by atoms with Crippen LogP contribution >= 0.6 is 27.3 Å². The van der Waals surface area contributed by atoms with E-state index in [0.29, 0.717) is 10.8 Å². The Kier molecular flexibility index (Phi) is 6.04. The standard InChI is InChI=1S/C25H17BrN4O3S/c26-18-9-10-20-21(14-18)34-25(28-20)30(27-15-16-5-2-1-3-6-16)24(33)17-7-4-8-19(13-17)29-22(31)11-12-23(29)32/h1-10,13-15H,11-12H2/b27-15+. The summed E-state index contributed by atoms with van der Waals surface area (Å²) in [7, 11) is 0. The lowest BCUT2D eigenvalue weighted by Gasteiger charge is -2.17. The van der Waals surface area contributed by atoms with Crippen molar-refractivity contribution in [2.45, 2.75) is 12.8 Å². The summed E-state index contributed by atoms with van der Waals surface area (Å²) in [6.07, 6.45) is 1.94. The highest BCUT2D eigenvalue weighted by Crippen LogP contribution is 2.32. The molecule has 0 unspecified atom stereocenters. The minimum atomic E-state index is -0.425. The molecular weight excluding hydrogens is 516 g/mol. The number of amides is 3. The summed E-state index contributed by atoms with van der Waals surface area (Å²) in [4.78, 5) is 43.7. The second-order valence-corrected chi connectivity index (χ2v) is 9.48. The van der Waals surface area contributed by atoms with Gasteiger partial charge in [-0.15, -0.1) is 0 Å². The summed E-state index contributed by atoms with van der Waals surface area (Å²) in [5, 5.41) is 6.12. The molecule has 3 amide bonds.